The topological polar surface area (TPSA) is 97.6 Å². The van der Waals surface area contributed by atoms with Crippen molar-refractivity contribution in [3.8, 4) is 0 Å². The minimum absolute atomic E-state index is 0.0538. The molecule has 0 fully saturated rings. The van der Waals surface area contributed by atoms with Crippen molar-refractivity contribution < 1.29 is 23.1 Å². The van der Waals surface area contributed by atoms with E-state index >= 15 is 0 Å². The van der Waals surface area contributed by atoms with Crippen molar-refractivity contribution >= 4 is 16.0 Å². The highest BCUT2D eigenvalue weighted by atomic mass is 32.2. The normalized spacial score (nSPS) is 12.6. The molecule has 0 saturated heterocycles. The molecule has 1 aromatic rings. The highest BCUT2D eigenvalue weighted by Gasteiger charge is 2.25. The third-order valence-electron chi connectivity index (χ3n) is 2.96. The number of carboxylic acid groups (broad SMARTS) is 1. The Morgan fingerprint density at radius 3 is 2.48 bits per heavy atom. The lowest BCUT2D eigenvalue weighted by Gasteiger charge is -2.24. The molecular formula is C13H22N2O5S. The Kier molecular flexibility index (Phi) is 5.54. The zero-order valence-electron chi connectivity index (χ0n) is 12.7. The molecule has 0 amide bonds. The molecule has 8 heteroatoms. The average Bonchev–Trinajstić information content (AvgIpc) is 2.82. The number of hydrogen-bond acceptors (Lipinski definition) is 4. The lowest BCUT2D eigenvalue weighted by atomic mass is 10.1. The van der Waals surface area contributed by atoms with E-state index in [0.717, 1.165) is 6.07 Å². The van der Waals surface area contributed by atoms with Gasteiger partial charge < -0.3 is 14.4 Å². The summed E-state index contributed by atoms with van der Waals surface area (Å²) in [7, 11) is -3.77. The summed E-state index contributed by atoms with van der Waals surface area (Å²) in [5, 5.41) is 9.05. The number of carbonyl (C=O) groups is 1. The largest absolute Gasteiger partial charge is 0.477 e. The van der Waals surface area contributed by atoms with E-state index in [2.05, 4.69) is 4.72 Å². The molecule has 0 unspecified atom stereocenters. The van der Waals surface area contributed by atoms with E-state index in [9.17, 15) is 13.2 Å². The van der Waals surface area contributed by atoms with E-state index in [-0.39, 0.29) is 17.1 Å². The summed E-state index contributed by atoms with van der Waals surface area (Å²) < 4.78 is 33.7. The van der Waals surface area contributed by atoms with Crippen molar-refractivity contribution in [2.24, 2.45) is 0 Å². The molecule has 0 spiro atoms. The zero-order valence-corrected chi connectivity index (χ0v) is 13.5. The summed E-state index contributed by atoms with van der Waals surface area (Å²) in [6.45, 7) is 8.08. The maximum absolute atomic E-state index is 12.2. The summed E-state index contributed by atoms with van der Waals surface area (Å²) in [5.41, 5.74) is -0.688. The predicted molar refractivity (Wildman–Crippen MR) is 78.0 cm³/mol. The molecule has 0 bridgehead atoms. The van der Waals surface area contributed by atoms with Gasteiger partial charge in [0.1, 0.15) is 10.6 Å². The molecule has 2 N–H and O–H groups in total. The molecule has 1 aromatic heterocycles. The minimum atomic E-state index is -3.77. The van der Waals surface area contributed by atoms with Crippen LogP contribution in [0.25, 0.3) is 0 Å². The summed E-state index contributed by atoms with van der Waals surface area (Å²) >= 11 is 0. The number of aryl methyl sites for hydroxylation is 1. The molecule has 7 nitrogen and oxygen atoms in total. The Balaban J connectivity index is 2.96. The number of carboxylic acids is 1. The van der Waals surface area contributed by atoms with E-state index in [1.807, 2.05) is 6.92 Å². The maximum Gasteiger partial charge on any atom is 0.352 e. The van der Waals surface area contributed by atoms with Gasteiger partial charge in [-0.1, -0.05) is 0 Å². The van der Waals surface area contributed by atoms with Crippen LogP contribution in [0.4, 0.5) is 0 Å². The third-order valence-corrected chi connectivity index (χ3v) is 4.33. The molecule has 0 radical (unpaired) electrons. The van der Waals surface area contributed by atoms with Gasteiger partial charge in [0, 0.05) is 25.9 Å². The van der Waals surface area contributed by atoms with Crippen LogP contribution in [0.3, 0.4) is 0 Å². The Morgan fingerprint density at radius 1 is 1.43 bits per heavy atom. The minimum Gasteiger partial charge on any atom is -0.477 e. The van der Waals surface area contributed by atoms with Gasteiger partial charge in [-0.05, 0) is 33.8 Å². The van der Waals surface area contributed by atoms with Crippen molar-refractivity contribution in [1.29, 1.82) is 0 Å². The number of hydrogen-bond donors (Lipinski definition) is 2. The van der Waals surface area contributed by atoms with Gasteiger partial charge in [-0.15, -0.1) is 0 Å². The first-order valence-electron chi connectivity index (χ1n) is 6.70. The van der Waals surface area contributed by atoms with Crippen LogP contribution in [-0.4, -0.2) is 42.8 Å². The van der Waals surface area contributed by atoms with E-state index in [1.54, 1.807) is 20.8 Å². The van der Waals surface area contributed by atoms with Crippen molar-refractivity contribution in [2.45, 2.75) is 44.7 Å². The molecule has 120 valence electrons. The molecular weight excluding hydrogens is 296 g/mol. The van der Waals surface area contributed by atoms with Crippen molar-refractivity contribution in [3.05, 3.63) is 18.0 Å². The second-order valence-corrected chi connectivity index (χ2v) is 6.94. The Bertz CT molecular complexity index is 604. The quantitative estimate of drug-likeness (QED) is 0.753. The lowest BCUT2D eigenvalue weighted by molar-refractivity contribution is -0.00515. The number of rotatable bonds is 8. The Morgan fingerprint density at radius 2 is 2.05 bits per heavy atom. The number of nitrogens with zero attached hydrogens (tertiary/aromatic N) is 1. The van der Waals surface area contributed by atoms with Crippen molar-refractivity contribution in [3.63, 3.8) is 0 Å². The molecule has 0 aliphatic rings. The maximum atomic E-state index is 12.2. The fraction of sp³-hybridized carbons (Fsp3) is 0.615. The molecule has 0 atom stereocenters. The van der Waals surface area contributed by atoms with E-state index in [0.29, 0.717) is 13.2 Å². The van der Waals surface area contributed by atoms with Crippen LogP contribution in [0.15, 0.2) is 17.2 Å². The summed E-state index contributed by atoms with van der Waals surface area (Å²) in [4.78, 5) is 11.0. The number of aromatic nitrogens is 1. The van der Waals surface area contributed by atoms with E-state index in [1.165, 1.54) is 10.8 Å². The van der Waals surface area contributed by atoms with Crippen LogP contribution in [0.5, 0.6) is 0 Å². The van der Waals surface area contributed by atoms with Crippen molar-refractivity contribution in [2.75, 3.05) is 13.2 Å². The van der Waals surface area contributed by atoms with Crippen LogP contribution in [0.1, 0.15) is 38.2 Å². The van der Waals surface area contributed by atoms with Gasteiger partial charge in [0.05, 0.1) is 5.60 Å². The smallest absolute Gasteiger partial charge is 0.352 e. The zero-order chi connectivity index (χ0) is 16.3. The molecule has 0 aliphatic carbocycles. The Hall–Kier alpha value is -1.38. The standard InChI is InChI=1S/C13H22N2O5S/c1-5-15-8-10(7-11(15)12(16)17)21(18,19)14-9-13(3,4)20-6-2/h7-8,14H,5-6,9H2,1-4H3,(H,16,17). The fourth-order valence-corrected chi connectivity index (χ4v) is 3.10. The molecule has 21 heavy (non-hydrogen) atoms. The van der Waals surface area contributed by atoms with Gasteiger partial charge in [0.2, 0.25) is 10.0 Å². The fourth-order valence-electron chi connectivity index (χ4n) is 1.87. The molecule has 0 aliphatic heterocycles. The summed E-state index contributed by atoms with van der Waals surface area (Å²) in [5.74, 6) is -1.16. The van der Waals surface area contributed by atoms with Gasteiger partial charge >= 0.3 is 5.97 Å². The van der Waals surface area contributed by atoms with E-state index in [4.69, 9.17) is 9.84 Å². The number of nitrogens with one attached hydrogen (secondary N) is 1. The second kappa shape index (κ2) is 6.59. The first-order chi connectivity index (χ1) is 9.63. The average molecular weight is 318 g/mol. The van der Waals surface area contributed by atoms with Gasteiger partial charge in [0.25, 0.3) is 0 Å². The van der Waals surface area contributed by atoms with Crippen LogP contribution >= 0.6 is 0 Å². The number of aromatic carboxylic acids is 1. The van der Waals surface area contributed by atoms with Gasteiger partial charge in [-0.25, -0.2) is 17.9 Å². The highest BCUT2D eigenvalue weighted by Crippen LogP contribution is 2.16. The van der Waals surface area contributed by atoms with Crippen LogP contribution < -0.4 is 4.72 Å². The third kappa shape index (κ3) is 4.55. The van der Waals surface area contributed by atoms with Crippen LogP contribution in [0, 0.1) is 0 Å². The van der Waals surface area contributed by atoms with Crippen LogP contribution in [-0.2, 0) is 21.3 Å². The predicted octanol–water partition coefficient (Wildman–Crippen LogP) is 1.30. The second-order valence-electron chi connectivity index (χ2n) is 5.17. The molecule has 1 rings (SSSR count). The number of ether oxygens (including phenoxy) is 1. The first-order valence-corrected chi connectivity index (χ1v) is 8.18. The summed E-state index contributed by atoms with van der Waals surface area (Å²) in [6, 6.07) is 1.15. The molecule has 0 saturated carbocycles. The Labute approximate surface area is 125 Å². The number of sulfonamides is 1. The monoisotopic (exact) mass is 318 g/mol. The van der Waals surface area contributed by atoms with Crippen LogP contribution in [0.2, 0.25) is 0 Å². The SMILES string of the molecule is CCOC(C)(C)CNS(=O)(=O)c1cc(C(=O)O)n(CC)c1. The molecule has 0 aromatic carbocycles. The lowest BCUT2D eigenvalue weighted by Crippen LogP contribution is -2.40. The summed E-state index contributed by atoms with van der Waals surface area (Å²) in [6.07, 6.45) is 1.32. The van der Waals surface area contributed by atoms with E-state index < -0.39 is 21.6 Å². The first kappa shape index (κ1) is 17.7. The highest BCUT2D eigenvalue weighted by molar-refractivity contribution is 7.89. The van der Waals surface area contributed by atoms with Gasteiger partial charge in [-0.2, -0.15) is 0 Å². The van der Waals surface area contributed by atoms with Gasteiger partial charge in [0.15, 0.2) is 0 Å². The van der Waals surface area contributed by atoms with Gasteiger partial charge in [-0.3, -0.25) is 0 Å². The molecule has 1 heterocycles. The van der Waals surface area contributed by atoms with Crippen molar-refractivity contribution in [1.82, 2.24) is 9.29 Å².